The summed E-state index contributed by atoms with van der Waals surface area (Å²) in [5.41, 5.74) is 1.23. The quantitative estimate of drug-likeness (QED) is 0.853. The molecule has 3 heteroatoms. The standard InChI is InChI=1S/C19H22N2O/c1-2-19(21-13-11-20-12-14-21)16-7-6-10-18(15-16)22-17-8-4-3-5-9-17/h2-10,15,19-20H,1,11-14H2/t19-/m0/s1. The van der Waals surface area contributed by atoms with Gasteiger partial charge in [-0.25, -0.2) is 0 Å². The van der Waals surface area contributed by atoms with Crippen LogP contribution in [-0.4, -0.2) is 31.1 Å². The van der Waals surface area contributed by atoms with E-state index >= 15 is 0 Å². The summed E-state index contributed by atoms with van der Waals surface area (Å²) in [6.45, 7) is 8.17. The van der Waals surface area contributed by atoms with Gasteiger partial charge in [0.1, 0.15) is 11.5 Å². The maximum atomic E-state index is 5.94. The number of hydrogen-bond donors (Lipinski definition) is 1. The molecule has 1 saturated heterocycles. The Balaban J connectivity index is 1.78. The van der Waals surface area contributed by atoms with Gasteiger partial charge >= 0.3 is 0 Å². The monoisotopic (exact) mass is 294 g/mol. The van der Waals surface area contributed by atoms with Gasteiger partial charge in [0.2, 0.25) is 0 Å². The highest BCUT2D eigenvalue weighted by molar-refractivity contribution is 5.36. The zero-order valence-corrected chi connectivity index (χ0v) is 12.7. The van der Waals surface area contributed by atoms with Crippen LogP contribution in [0.15, 0.2) is 67.3 Å². The van der Waals surface area contributed by atoms with E-state index in [1.165, 1.54) is 5.56 Å². The summed E-state index contributed by atoms with van der Waals surface area (Å²) in [7, 11) is 0. The van der Waals surface area contributed by atoms with E-state index in [0.29, 0.717) is 0 Å². The van der Waals surface area contributed by atoms with Gasteiger partial charge in [0, 0.05) is 26.2 Å². The van der Waals surface area contributed by atoms with Crippen LogP contribution in [0.3, 0.4) is 0 Å². The molecule has 114 valence electrons. The Morgan fingerprint density at radius 3 is 2.45 bits per heavy atom. The molecule has 0 unspecified atom stereocenters. The van der Waals surface area contributed by atoms with Crippen LogP contribution >= 0.6 is 0 Å². The van der Waals surface area contributed by atoms with Gasteiger partial charge in [-0.3, -0.25) is 4.90 Å². The van der Waals surface area contributed by atoms with Crippen molar-refractivity contribution in [1.29, 1.82) is 0 Å². The molecule has 1 N–H and O–H groups in total. The minimum Gasteiger partial charge on any atom is -0.457 e. The fraction of sp³-hybridized carbons (Fsp3) is 0.263. The molecular weight excluding hydrogens is 272 g/mol. The van der Waals surface area contributed by atoms with E-state index in [1.54, 1.807) is 0 Å². The van der Waals surface area contributed by atoms with Crippen LogP contribution in [0.5, 0.6) is 11.5 Å². The molecule has 1 aliphatic heterocycles. The Morgan fingerprint density at radius 2 is 1.73 bits per heavy atom. The van der Waals surface area contributed by atoms with Crippen LogP contribution in [0.2, 0.25) is 0 Å². The summed E-state index contributed by atoms with van der Waals surface area (Å²) < 4.78 is 5.94. The van der Waals surface area contributed by atoms with E-state index in [-0.39, 0.29) is 6.04 Å². The van der Waals surface area contributed by atoms with Crippen molar-refractivity contribution in [2.75, 3.05) is 26.2 Å². The number of rotatable bonds is 5. The zero-order valence-electron chi connectivity index (χ0n) is 12.7. The third-order valence-electron chi connectivity index (χ3n) is 3.95. The van der Waals surface area contributed by atoms with Gasteiger partial charge in [-0.1, -0.05) is 36.4 Å². The average Bonchev–Trinajstić information content (AvgIpc) is 2.58. The predicted octanol–water partition coefficient (Wildman–Crippen LogP) is 3.61. The average molecular weight is 294 g/mol. The van der Waals surface area contributed by atoms with Crippen molar-refractivity contribution in [1.82, 2.24) is 10.2 Å². The van der Waals surface area contributed by atoms with Crippen LogP contribution in [0.4, 0.5) is 0 Å². The van der Waals surface area contributed by atoms with E-state index in [9.17, 15) is 0 Å². The maximum absolute atomic E-state index is 5.94. The molecular formula is C19H22N2O. The van der Waals surface area contributed by atoms with Gasteiger partial charge in [-0.05, 0) is 29.8 Å². The molecule has 0 aliphatic carbocycles. The van der Waals surface area contributed by atoms with Crippen molar-refractivity contribution in [3.05, 3.63) is 72.8 Å². The third-order valence-corrected chi connectivity index (χ3v) is 3.95. The molecule has 3 nitrogen and oxygen atoms in total. The Hall–Kier alpha value is -2.10. The van der Waals surface area contributed by atoms with E-state index < -0.39 is 0 Å². The molecule has 0 bridgehead atoms. The first kappa shape index (κ1) is 14.8. The lowest BCUT2D eigenvalue weighted by Crippen LogP contribution is -2.44. The zero-order chi connectivity index (χ0) is 15.2. The Bertz CT molecular complexity index is 606. The van der Waals surface area contributed by atoms with E-state index in [1.807, 2.05) is 48.5 Å². The molecule has 0 saturated carbocycles. The first-order valence-electron chi connectivity index (χ1n) is 7.77. The minimum atomic E-state index is 0.237. The second kappa shape index (κ2) is 7.25. The highest BCUT2D eigenvalue weighted by Crippen LogP contribution is 2.28. The van der Waals surface area contributed by atoms with E-state index in [4.69, 9.17) is 4.74 Å². The van der Waals surface area contributed by atoms with Crippen molar-refractivity contribution in [2.45, 2.75) is 6.04 Å². The largest absolute Gasteiger partial charge is 0.457 e. The lowest BCUT2D eigenvalue weighted by molar-refractivity contribution is 0.203. The second-order valence-electron chi connectivity index (χ2n) is 5.45. The molecule has 1 heterocycles. The molecule has 0 aromatic heterocycles. The minimum absolute atomic E-state index is 0.237. The lowest BCUT2D eigenvalue weighted by atomic mass is 10.0. The highest BCUT2D eigenvalue weighted by Gasteiger charge is 2.19. The van der Waals surface area contributed by atoms with Crippen molar-refractivity contribution < 1.29 is 4.74 Å². The second-order valence-corrected chi connectivity index (χ2v) is 5.45. The summed E-state index contributed by atoms with van der Waals surface area (Å²) in [6, 6.07) is 18.4. The van der Waals surface area contributed by atoms with Gasteiger partial charge in [-0.2, -0.15) is 0 Å². The van der Waals surface area contributed by atoms with Gasteiger partial charge in [0.25, 0.3) is 0 Å². The molecule has 2 aromatic carbocycles. The molecule has 0 amide bonds. The highest BCUT2D eigenvalue weighted by atomic mass is 16.5. The van der Waals surface area contributed by atoms with Crippen molar-refractivity contribution in [2.24, 2.45) is 0 Å². The summed E-state index contributed by atoms with van der Waals surface area (Å²) >= 11 is 0. The number of nitrogens with zero attached hydrogens (tertiary/aromatic N) is 1. The number of ether oxygens (including phenoxy) is 1. The summed E-state index contributed by atoms with van der Waals surface area (Å²) in [6.07, 6.45) is 2.02. The van der Waals surface area contributed by atoms with Gasteiger partial charge < -0.3 is 10.1 Å². The molecule has 0 spiro atoms. The third kappa shape index (κ3) is 3.56. The first-order valence-corrected chi connectivity index (χ1v) is 7.77. The van der Waals surface area contributed by atoms with Crippen LogP contribution in [0, 0.1) is 0 Å². The maximum Gasteiger partial charge on any atom is 0.127 e. The first-order chi connectivity index (χ1) is 10.9. The number of para-hydroxylation sites is 1. The molecule has 0 radical (unpaired) electrons. The Morgan fingerprint density at radius 1 is 1.00 bits per heavy atom. The van der Waals surface area contributed by atoms with Crippen LogP contribution < -0.4 is 10.1 Å². The van der Waals surface area contributed by atoms with Crippen molar-refractivity contribution >= 4 is 0 Å². The molecule has 1 atom stereocenters. The van der Waals surface area contributed by atoms with Crippen LogP contribution in [0.1, 0.15) is 11.6 Å². The predicted molar refractivity (Wildman–Crippen MR) is 90.3 cm³/mol. The topological polar surface area (TPSA) is 24.5 Å². The number of hydrogen-bond acceptors (Lipinski definition) is 3. The smallest absolute Gasteiger partial charge is 0.127 e. The van der Waals surface area contributed by atoms with E-state index in [0.717, 1.165) is 37.7 Å². The molecule has 22 heavy (non-hydrogen) atoms. The summed E-state index contributed by atoms with van der Waals surface area (Å²) in [5.74, 6) is 1.72. The molecule has 3 rings (SSSR count). The molecule has 2 aromatic rings. The Labute approximate surface area is 132 Å². The SMILES string of the molecule is C=C[C@@H](c1cccc(Oc2ccccc2)c1)N1CCNCC1. The van der Waals surface area contributed by atoms with Crippen LogP contribution in [0.25, 0.3) is 0 Å². The summed E-state index contributed by atoms with van der Waals surface area (Å²) in [4.78, 5) is 2.45. The number of nitrogens with one attached hydrogen (secondary N) is 1. The lowest BCUT2D eigenvalue weighted by Gasteiger charge is -2.33. The fourth-order valence-corrected chi connectivity index (χ4v) is 2.84. The van der Waals surface area contributed by atoms with Crippen molar-refractivity contribution in [3.63, 3.8) is 0 Å². The van der Waals surface area contributed by atoms with Gasteiger partial charge in [-0.15, -0.1) is 6.58 Å². The summed E-state index contributed by atoms with van der Waals surface area (Å²) in [5, 5.41) is 3.39. The van der Waals surface area contributed by atoms with Crippen LogP contribution in [-0.2, 0) is 0 Å². The number of piperazine rings is 1. The van der Waals surface area contributed by atoms with Crippen molar-refractivity contribution in [3.8, 4) is 11.5 Å². The molecule has 1 fully saturated rings. The Kier molecular flexibility index (Phi) is 4.88. The fourth-order valence-electron chi connectivity index (χ4n) is 2.84. The van der Waals surface area contributed by atoms with E-state index in [2.05, 4.69) is 28.9 Å². The van der Waals surface area contributed by atoms with Gasteiger partial charge in [0.05, 0.1) is 6.04 Å². The normalized spacial score (nSPS) is 16.9. The van der Waals surface area contributed by atoms with Gasteiger partial charge in [0.15, 0.2) is 0 Å². The number of benzene rings is 2. The molecule has 1 aliphatic rings.